The molecule has 2 aliphatic rings. The highest BCUT2D eigenvalue weighted by molar-refractivity contribution is 5.97. The highest BCUT2D eigenvalue weighted by atomic mass is 19.1. The number of nitrogens with zero attached hydrogens (tertiary/aromatic N) is 2. The number of anilines is 1. The summed E-state index contributed by atoms with van der Waals surface area (Å²) in [6.45, 7) is 3.26. The van der Waals surface area contributed by atoms with E-state index in [1.165, 1.54) is 15.9 Å². The molecule has 8 heteroatoms. The molecule has 0 saturated heterocycles. The van der Waals surface area contributed by atoms with E-state index in [0.29, 0.717) is 49.6 Å². The van der Waals surface area contributed by atoms with Crippen LogP contribution in [0.25, 0.3) is 0 Å². The molecule has 33 heavy (non-hydrogen) atoms. The Hall–Kier alpha value is -3.55. The Balaban J connectivity index is 1.56. The van der Waals surface area contributed by atoms with Gasteiger partial charge in [-0.1, -0.05) is 17.7 Å². The van der Waals surface area contributed by atoms with E-state index < -0.39 is 11.9 Å². The lowest BCUT2D eigenvalue weighted by Gasteiger charge is -2.31. The van der Waals surface area contributed by atoms with Gasteiger partial charge in [0.05, 0.1) is 19.3 Å². The van der Waals surface area contributed by atoms with Gasteiger partial charge in [0.25, 0.3) is 0 Å². The van der Waals surface area contributed by atoms with Crippen LogP contribution in [-0.4, -0.2) is 48.8 Å². The van der Waals surface area contributed by atoms with Crippen LogP contribution in [0, 0.1) is 5.82 Å². The van der Waals surface area contributed by atoms with Crippen molar-refractivity contribution in [2.45, 2.75) is 32.7 Å². The Morgan fingerprint density at radius 2 is 1.88 bits per heavy atom. The van der Waals surface area contributed by atoms with Gasteiger partial charge in [-0.25, -0.2) is 9.18 Å². The van der Waals surface area contributed by atoms with E-state index in [4.69, 9.17) is 9.47 Å². The third kappa shape index (κ3) is 4.79. The van der Waals surface area contributed by atoms with Gasteiger partial charge in [-0.15, -0.1) is 0 Å². The first-order valence-corrected chi connectivity index (χ1v) is 10.9. The minimum atomic E-state index is -0.927. The summed E-state index contributed by atoms with van der Waals surface area (Å²) in [6, 6.07) is 10.3. The fourth-order valence-electron chi connectivity index (χ4n) is 4.31. The van der Waals surface area contributed by atoms with Crippen molar-refractivity contribution < 1.29 is 28.6 Å². The molecule has 0 radical (unpaired) electrons. The van der Waals surface area contributed by atoms with Gasteiger partial charge >= 0.3 is 6.09 Å². The van der Waals surface area contributed by atoms with Crippen LogP contribution in [0.1, 0.15) is 30.9 Å². The number of halogens is 1. The highest BCUT2D eigenvalue weighted by Gasteiger charge is 2.30. The van der Waals surface area contributed by atoms with Crippen LogP contribution in [0.5, 0.6) is 11.5 Å². The highest BCUT2D eigenvalue weighted by Crippen LogP contribution is 2.38. The normalized spacial score (nSPS) is 16.0. The quantitative estimate of drug-likeness (QED) is 0.655. The zero-order chi connectivity index (χ0) is 23.5. The zero-order valence-electron chi connectivity index (χ0n) is 18.8. The molecule has 0 fully saturated rings. The Kier molecular flexibility index (Phi) is 6.53. The third-order valence-electron chi connectivity index (χ3n) is 6.24. The molecule has 174 valence electrons. The molecule has 2 aromatic carbocycles. The molecule has 2 aromatic rings. The van der Waals surface area contributed by atoms with Gasteiger partial charge in [0, 0.05) is 25.1 Å². The second-order valence-corrected chi connectivity index (χ2v) is 8.33. The molecule has 0 bridgehead atoms. The molecule has 0 spiro atoms. The summed E-state index contributed by atoms with van der Waals surface area (Å²) < 4.78 is 26.2. The summed E-state index contributed by atoms with van der Waals surface area (Å²) >= 11 is 0. The first kappa shape index (κ1) is 22.6. The molecule has 0 unspecified atom stereocenters. The molecule has 7 nitrogen and oxygen atoms in total. The fraction of sp³-hybridized carbons (Fsp3) is 0.360. The van der Waals surface area contributed by atoms with Crippen molar-refractivity contribution in [2.24, 2.45) is 0 Å². The number of benzene rings is 2. The lowest BCUT2D eigenvalue weighted by molar-refractivity contribution is -0.119. The average molecular weight is 454 g/mol. The number of carbonyl (C=O) groups excluding carboxylic acids is 1. The fourth-order valence-corrected chi connectivity index (χ4v) is 4.31. The van der Waals surface area contributed by atoms with Crippen molar-refractivity contribution >= 4 is 17.7 Å². The largest absolute Gasteiger partial charge is 0.497 e. The van der Waals surface area contributed by atoms with Gasteiger partial charge in [-0.2, -0.15) is 0 Å². The molecule has 1 N–H and O–H groups in total. The second-order valence-electron chi connectivity index (χ2n) is 8.33. The van der Waals surface area contributed by atoms with E-state index in [2.05, 4.69) is 0 Å². The Labute approximate surface area is 192 Å². The van der Waals surface area contributed by atoms with Gasteiger partial charge in [-0.3, -0.25) is 4.79 Å². The smallest absolute Gasteiger partial charge is 0.407 e. The summed E-state index contributed by atoms with van der Waals surface area (Å²) in [7, 11) is 1.59. The summed E-state index contributed by atoms with van der Waals surface area (Å²) in [5.74, 6) is 0.683. The summed E-state index contributed by atoms with van der Waals surface area (Å²) in [5.41, 5.74) is 3.84. The average Bonchev–Trinajstić information content (AvgIpc) is 2.81. The standard InChI is InChI=1S/C25H27FN2O5/c1-16-13-27(25(30)31)12-11-18(16)15-33-22-9-8-21(26)24-20(22)7-10-23(29)28(24)14-17-3-5-19(32-2)6-4-17/h3-6,8-9H,7,10-15H2,1-2H3,(H,30,31). The van der Waals surface area contributed by atoms with Crippen molar-refractivity contribution in [3.63, 3.8) is 0 Å². The second kappa shape index (κ2) is 9.52. The van der Waals surface area contributed by atoms with Gasteiger partial charge in [0.2, 0.25) is 5.91 Å². The number of carbonyl (C=O) groups is 2. The Bertz CT molecular complexity index is 1100. The van der Waals surface area contributed by atoms with Crippen LogP contribution in [0.15, 0.2) is 47.5 Å². The molecular weight excluding hydrogens is 427 g/mol. The molecular formula is C25H27FN2O5. The first-order chi connectivity index (χ1) is 15.9. The molecule has 4 rings (SSSR count). The monoisotopic (exact) mass is 454 g/mol. The molecule has 0 aromatic heterocycles. The molecule has 0 saturated carbocycles. The summed E-state index contributed by atoms with van der Waals surface area (Å²) in [6.07, 6.45) is 0.358. The van der Waals surface area contributed by atoms with E-state index in [1.54, 1.807) is 13.2 Å². The van der Waals surface area contributed by atoms with Crippen LogP contribution in [0.2, 0.25) is 0 Å². The molecule has 2 heterocycles. The number of amides is 2. The van der Waals surface area contributed by atoms with Crippen LogP contribution in [0.3, 0.4) is 0 Å². The lowest BCUT2D eigenvalue weighted by Crippen LogP contribution is -2.36. The molecule has 2 amide bonds. The van der Waals surface area contributed by atoms with Crippen molar-refractivity contribution in [3.8, 4) is 11.5 Å². The number of methoxy groups -OCH3 is 1. The Morgan fingerprint density at radius 1 is 1.12 bits per heavy atom. The van der Waals surface area contributed by atoms with E-state index in [1.807, 2.05) is 31.2 Å². The number of hydrogen-bond donors (Lipinski definition) is 1. The number of rotatable bonds is 6. The van der Waals surface area contributed by atoms with Crippen molar-refractivity contribution in [1.29, 1.82) is 0 Å². The van der Waals surface area contributed by atoms with E-state index in [9.17, 15) is 19.1 Å². The topological polar surface area (TPSA) is 79.3 Å². The minimum absolute atomic E-state index is 0.131. The lowest BCUT2D eigenvalue weighted by atomic mass is 9.98. The predicted octanol–water partition coefficient (Wildman–Crippen LogP) is 4.39. The number of hydrogen-bond acceptors (Lipinski definition) is 4. The van der Waals surface area contributed by atoms with Crippen molar-refractivity contribution in [3.05, 3.63) is 64.5 Å². The molecule has 0 aliphatic carbocycles. The van der Waals surface area contributed by atoms with Gasteiger partial charge in [0.15, 0.2) is 0 Å². The zero-order valence-corrected chi connectivity index (χ0v) is 18.8. The number of carboxylic acid groups (broad SMARTS) is 1. The van der Waals surface area contributed by atoms with Crippen molar-refractivity contribution in [1.82, 2.24) is 4.90 Å². The number of ether oxygens (including phenoxy) is 2. The maximum absolute atomic E-state index is 14.9. The van der Waals surface area contributed by atoms with Gasteiger partial charge in [0.1, 0.15) is 23.9 Å². The number of fused-ring (bicyclic) bond motifs is 1. The summed E-state index contributed by atoms with van der Waals surface area (Å²) in [4.78, 5) is 26.8. The van der Waals surface area contributed by atoms with E-state index in [0.717, 1.165) is 16.7 Å². The van der Waals surface area contributed by atoms with E-state index in [-0.39, 0.29) is 24.6 Å². The van der Waals surface area contributed by atoms with Crippen molar-refractivity contribution in [2.75, 3.05) is 31.7 Å². The minimum Gasteiger partial charge on any atom is -0.497 e. The maximum Gasteiger partial charge on any atom is 0.407 e. The third-order valence-corrected chi connectivity index (χ3v) is 6.24. The van der Waals surface area contributed by atoms with Gasteiger partial charge in [-0.05, 0) is 55.2 Å². The Morgan fingerprint density at radius 3 is 2.55 bits per heavy atom. The van der Waals surface area contributed by atoms with Crippen LogP contribution in [0.4, 0.5) is 14.9 Å². The molecule has 0 atom stereocenters. The maximum atomic E-state index is 14.9. The van der Waals surface area contributed by atoms with Crippen LogP contribution >= 0.6 is 0 Å². The SMILES string of the molecule is COc1ccc(CN2C(=O)CCc3c(OCC4=C(C)CN(C(=O)O)CC4)ccc(F)c32)cc1. The van der Waals surface area contributed by atoms with Crippen LogP contribution < -0.4 is 14.4 Å². The van der Waals surface area contributed by atoms with Gasteiger partial charge < -0.3 is 24.4 Å². The first-order valence-electron chi connectivity index (χ1n) is 10.9. The van der Waals surface area contributed by atoms with E-state index >= 15 is 0 Å². The van der Waals surface area contributed by atoms with Crippen LogP contribution in [-0.2, 0) is 17.8 Å². The summed E-state index contributed by atoms with van der Waals surface area (Å²) in [5, 5.41) is 9.18. The molecule has 2 aliphatic heterocycles. The predicted molar refractivity (Wildman–Crippen MR) is 121 cm³/mol.